The largest absolute Gasteiger partial charge is 0.325 e. The highest BCUT2D eigenvalue weighted by molar-refractivity contribution is 7.22. The van der Waals surface area contributed by atoms with Crippen molar-refractivity contribution in [2.75, 3.05) is 10.6 Å². The zero-order chi connectivity index (χ0) is 26.1. The summed E-state index contributed by atoms with van der Waals surface area (Å²) in [5, 5.41) is 6.71. The highest BCUT2D eigenvalue weighted by Crippen LogP contribution is 2.31. The Bertz CT molecular complexity index is 1840. The number of thiazole rings is 1. The first-order chi connectivity index (χ1) is 18.5. The Balaban J connectivity index is 1.26. The number of fused-ring (bicyclic) bond motifs is 2. The number of hydrogen-bond acceptors (Lipinski definition) is 5. The van der Waals surface area contributed by atoms with Crippen molar-refractivity contribution in [3.8, 4) is 11.1 Å². The van der Waals surface area contributed by atoms with Crippen LogP contribution >= 0.6 is 11.3 Å². The molecule has 0 saturated heterocycles. The predicted octanol–water partition coefficient (Wildman–Crippen LogP) is 6.67. The SMILES string of the molecule is Cc1ccc(NC(=O)Nc2nc3cc(-c4ccc5ncn(Cc6ccccc6)c(=O)c5c4)ccc3s2)cc1. The molecule has 4 aromatic carbocycles. The fraction of sp³-hybridized carbons (Fsp3) is 0.0667. The molecule has 0 radical (unpaired) electrons. The van der Waals surface area contributed by atoms with E-state index in [1.165, 1.54) is 11.3 Å². The summed E-state index contributed by atoms with van der Waals surface area (Å²) in [6.45, 7) is 2.46. The van der Waals surface area contributed by atoms with Crippen LogP contribution < -0.4 is 16.2 Å². The first kappa shape index (κ1) is 23.6. The van der Waals surface area contributed by atoms with E-state index in [1.807, 2.05) is 97.9 Å². The van der Waals surface area contributed by atoms with Crippen molar-refractivity contribution >= 4 is 49.3 Å². The van der Waals surface area contributed by atoms with Crippen LogP contribution in [0.15, 0.2) is 102 Å². The molecule has 0 bridgehead atoms. The van der Waals surface area contributed by atoms with Gasteiger partial charge in [-0.15, -0.1) is 0 Å². The third kappa shape index (κ3) is 4.89. The Labute approximate surface area is 222 Å². The Hall–Kier alpha value is -4.82. The van der Waals surface area contributed by atoms with Crippen LogP contribution in [0.1, 0.15) is 11.1 Å². The molecule has 2 aromatic heterocycles. The van der Waals surface area contributed by atoms with Gasteiger partial charge in [-0.05, 0) is 60.0 Å². The molecule has 6 rings (SSSR count). The van der Waals surface area contributed by atoms with E-state index in [0.29, 0.717) is 28.3 Å². The van der Waals surface area contributed by atoms with Crippen molar-refractivity contribution in [2.45, 2.75) is 13.5 Å². The molecule has 7 nitrogen and oxygen atoms in total. The van der Waals surface area contributed by atoms with Gasteiger partial charge in [0.1, 0.15) is 0 Å². The van der Waals surface area contributed by atoms with Crippen molar-refractivity contribution in [3.05, 3.63) is 119 Å². The van der Waals surface area contributed by atoms with Crippen molar-refractivity contribution in [3.63, 3.8) is 0 Å². The van der Waals surface area contributed by atoms with Crippen LogP contribution in [-0.2, 0) is 6.54 Å². The molecule has 0 spiro atoms. The van der Waals surface area contributed by atoms with Gasteiger partial charge in [0.2, 0.25) is 0 Å². The van der Waals surface area contributed by atoms with Crippen molar-refractivity contribution in [2.24, 2.45) is 0 Å². The van der Waals surface area contributed by atoms with E-state index >= 15 is 0 Å². The molecule has 0 fully saturated rings. The fourth-order valence-electron chi connectivity index (χ4n) is 4.29. The number of carbonyl (C=O) groups is 1. The van der Waals surface area contributed by atoms with E-state index in [2.05, 4.69) is 20.6 Å². The number of benzene rings is 4. The molecule has 2 amide bonds. The number of aromatic nitrogens is 3. The van der Waals surface area contributed by atoms with Crippen LogP contribution in [0.4, 0.5) is 15.6 Å². The minimum absolute atomic E-state index is 0.0819. The van der Waals surface area contributed by atoms with E-state index in [9.17, 15) is 9.59 Å². The number of hydrogen-bond donors (Lipinski definition) is 2. The maximum Gasteiger partial charge on any atom is 0.325 e. The lowest BCUT2D eigenvalue weighted by molar-refractivity contribution is 0.262. The highest BCUT2D eigenvalue weighted by Gasteiger charge is 2.11. The summed E-state index contributed by atoms with van der Waals surface area (Å²) in [5.74, 6) is 0. The Morgan fingerprint density at radius 3 is 2.45 bits per heavy atom. The summed E-state index contributed by atoms with van der Waals surface area (Å²) in [5.41, 5.74) is 6.05. The average Bonchev–Trinajstić information content (AvgIpc) is 3.33. The van der Waals surface area contributed by atoms with Crippen molar-refractivity contribution in [1.82, 2.24) is 14.5 Å². The number of nitrogens with one attached hydrogen (secondary N) is 2. The van der Waals surface area contributed by atoms with Crippen LogP contribution in [0.2, 0.25) is 0 Å². The Morgan fingerprint density at radius 1 is 0.868 bits per heavy atom. The molecule has 186 valence electrons. The van der Waals surface area contributed by atoms with Gasteiger partial charge in [0.25, 0.3) is 5.56 Å². The Kier molecular flexibility index (Phi) is 6.15. The summed E-state index contributed by atoms with van der Waals surface area (Å²) in [6.07, 6.45) is 1.60. The van der Waals surface area contributed by atoms with Crippen LogP contribution in [0.3, 0.4) is 0 Å². The monoisotopic (exact) mass is 517 g/mol. The summed E-state index contributed by atoms with van der Waals surface area (Å²) in [7, 11) is 0. The summed E-state index contributed by atoms with van der Waals surface area (Å²) >= 11 is 1.40. The maximum absolute atomic E-state index is 13.2. The first-order valence-corrected chi connectivity index (χ1v) is 12.9. The molecule has 0 unspecified atom stereocenters. The molecule has 0 saturated carbocycles. The number of aryl methyl sites for hydroxylation is 1. The minimum Gasteiger partial charge on any atom is -0.308 e. The summed E-state index contributed by atoms with van der Waals surface area (Å²) < 4.78 is 2.58. The van der Waals surface area contributed by atoms with E-state index in [4.69, 9.17) is 0 Å². The van der Waals surface area contributed by atoms with Gasteiger partial charge in [-0.1, -0.05) is 71.5 Å². The van der Waals surface area contributed by atoms with Crippen molar-refractivity contribution in [1.29, 1.82) is 0 Å². The summed E-state index contributed by atoms with van der Waals surface area (Å²) in [4.78, 5) is 34.8. The van der Waals surface area contributed by atoms with Gasteiger partial charge >= 0.3 is 6.03 Å². The maximum atomic E-state index is 13.2. The van der Waals surface area contributed by atoms with Gasteiger partial charge in [-0.2, -0.15) is 0 Å². The zero-order valence-electron chi connectivity index (χ0n) is 20.5. The molecule has 2 heterocycles. The topological polar surface area (TPSA) is 88.9 Å². The minimum atomic E-state index is -0.345. The van der Waals surface area contributed by atoms with Crippen LogP contribution in [-0.4, -0.2) is 20.6 Å². The van der Waals surface area contributed by atoms with Crippen LogP contribution in [0, 0.1) is 6.92 Å². The van der Waals surface area contributed by atoms with Crippen LogP contribution in [0.25, 0.3) is 32.2 Å². The smallest absolute Gasteiger partial charge is 0.308 e. The number of anilines is 2. The van der Waals surface area contributed by atoms with Crippen molar-refractivity contribution < 1.29 is 4.79 Å². The van der Waals surface area contributed by atoms with Gasteiger partial charge in [-0.3, -0.25) is 14.7 Å². The molecular weight excluding hydrogens is 494 g/mol. The fourth-order valence-corrected chi connectivity index (χ4v) is 5.13. The van der Waals surface area contributed by atoms with Crippen LogP contribution in [0.5, 0.6) is 0 Å². The van der Waals surface area contributed by atoms with Gasteiger partial charge < -0.3 is 5.32 Å². The molecule has 6 aromatic rings. The summed E-state index contributed by atoms with van der Waals surface area (Å²) in [6, 6.07) is 28.7. The quantitative estimate of drug-likeness (QED) is 0.267. The number of amides is 2. The van der Waals surface area contributed by atoms with E-state index in [0.717, 1.165) is 32.5 Å². The lowest BCUT2D eigenvalue weighted by Gasteiger charge is -2.08. The standard InChI is InChI=1S/C30H23N5O2S/c1-19-7-11-23(12-8-19)32-29(37)34-30-33-26-16-22(10-14-27(26)38-30)21-9-13-25-24(15-21)28(36)35(18-31-25)17-20-5-3-2-4-6-20/h2-16,18H,17H2,1H3,(H2,32,33,34,37). The molecule has 2 N–H and O–H groups in total. The predicted molar refractivity (Wildman–Crippen MR) is 154 cm³/mol. The van der Waals surface area contributed by atoms with Gasteiger partial charge in [0.15, 0.2) is 5.13 Å². The number of urea groups is 1. The highest BCUT2D eigenvalue weighted by atomic mass is 32.1. The normalized spacial score (nSPS) is 11.1. The van der Waals surface area contributed by atoms with Gasteiger partial charge in [0, 0.05) is 5.69 Å². The molecule has 0 aliphatic heterocycles. The van der Waals surface area contributed by atoms with Gasteiger partial charge in [0.05, 0.1) is 34.0 Å². The molecule has 0 aliphatic carbocycles. The number of carbonyl (C=O) groups excluding carboxylic acids is 1. The van der Waals surface area contributed by atoms with E-state index in [-0.39, 0.29) is 11.6 Å². The molecule has 38 heavy (non-hydrogen) atoms. The first-order valence-electron chi connectivity index (χ1n) is 12.1. The molecule has 0 atom stereocenters. The third-order valence-corrected chi connectivity index (χ3v) is 7.22. The Morgan fingerprint density at radius 2 is 1.63 bits per heavy atom. The lowest BCUT2D eigenvalue weighted by Crippen LogP contribution is -2.21. The van der Waals surface area contributed by atoms with E-state index in [1.54, 1.807) is 10.9 Å². The molecule has 0 aliphatic rings. The molecule has 8 heteroatoms. The average molecular weight is 518 g/mol. The lowest BCUT2D eigenvalue weighted by atomic mass is 10.0. The third-order valence-electron chi connectivity index (χ3n) is 6.27. The van der Waals surface area contributed by atoms with E-state index < -0.39 is 0 Å². The van der Waals surface area contributed by atoms with Gasteiger partial charge in [-0.25, -0.2) is 14.8 Å². The second-order valence-electron chi connectivity index (χ2n) is 9.04. The second-order valence-corrected chi connectivity index (χ2v) is 10.1. The number of rotatable bonds is 5. The molecular formula is C30H23N5O2S. The second kappa shape index (κ2) is 9.91. The zero-order valence-corrected chi connectivity index (χ0v) is 21.3. The number of nitrogens with zero attached hydrogens (tertiary/aromatic N) is 3.